The van der Waals surface area contributed by atoms with Crippen LogP contribution in [-0.2, 0) is 7.05 Å². The van der Waals surface area contributed by atoms with E-state index in [1.54, 1.807) is 4.90 Å². The van der Waals surface area contributed by atoms with Crippen LogP contribution in [0, 0.1) is 0 Å². The summed E-state index contributed by atoms with van der Waals surface area (Å²) in [5, 5.41) is 2.62. The summed E-state index contributed by atoms with van der Waals surface area (Å²) >= 11 is 0. The Morgan fingerprint density at radius 1 is 1.06 bits per heavy atom. The number of amides is 1. The molecule has 0 saturated heterocycles. The van der Waals surface area contributed by atoms with E-state index in [0.29, 0.717) is 18.7 Å². The van der Waals surface area contributed by atoms with Crippen molar-refractivity contribution in [3.05, 3.63) is 92.8 Å². The van der Waals surface area contributed by atoms with Crippen molar-refractivity contribution in [2.45, 2.75) is 6.42 Å². The highest BCUT2D eigenvalue weighted by Gasteiger charge is 2.21. The molecular formula is C24H20N4O3. The first-order valence-electron chi connectivity index (χ1n) is 10.1. The van der Waals surface area contributed by atoms with Crippen molar-refractivity contribution in [3.8, 4) is 0 Å². The van der Waals surface area contributed by atoms with Crippen LogP contribution in [0.2, 0.25) is 0 Å². The minimum Gasteiger partial charge on any atom is -0.335 e. The molecule has 7 nitrogen and oxygen atoms in total. The molecule has 0 aliphatic carbocycles. The molecule has 154 valence electrons. The highest BCUT2D eigenvalue weighted by atomic mass is 16.2. The highest BCUT2D eigenvalue weighted by Crippen LogP contribution is 2.29. The summed E-state index contributed by atoms with van der Waals surface area (Å²) in [6.45, 7) is 1.06. The van der Waals surface area contributed by atoms with Gasteiger partial charge in [0.15, 0.2) is 0 Å². The zero-order chi connectivity index (χ0) is 21.5. The van der Waals surface area contributed by atoms with Crippen molar-refractivity contribution in [2.75, 3.05) is 13.1 Å². The van der Waals surface area contributed by atoms with Gasteiger partial charge in [0.2, 0.25) is 0 Å². The van der Waals surface area contributed by atoms with Gasteiger partial charge in [-0.3, -0.25) is 19.1 Å². The molecule has 0 unspecified atom stereocenters. The number of aromatic amines is 1. The number of nitrogens with zero attached hydrogens (tertiary/aromatic N) is 3. The lowest BCUT2D eigenvalue weighted by atomic mass is 9.94. The van der Waals surface area contributed by atoms with E-state index in [0.717, 1.165) is 6.42 Å². The number of H-pyrrole nitrogens is 1. The quantitative estimate of drug-likeness (QED) is 0.548. The summed E-state index contributed by atoms with van der Waals surface area (Å²) < 4.78 is 1.26. The molecule has 1 amide bonds. The maximum absolute atomic E-state index is 13.0. The Bertz CT molecular complexity index is 1490. The van der Waals surface area contributed by atoms with Crippen LogP contribution >= 0.6 is 0 Å². The van der Waals surface area contributed by atoms with E-state index in [4.69, 9.17) is 0 Å². The molecule has 1 N–H and O–H groups in total. The zero-order valence-electron chi connectivity index (χ0n) is 17.0. The summed E-state index contributed by atoms with van der Waals surface area (Å²) in [6.07, 6.45) is 4.26. The van der Waals surface area contributed by atoms with Gasteiger partial charge in [0.25, 0.3) is 11.5 Å². The van der Waals surface area contributed by atoms with E-state index in [1.807, 2.05) is 12.1 Å². The first-order valence-corrected chi connectivity index (χ1v) is 10.1. The molecule has 1 aliphatic heterocycles. The van der Waals surface area contributed by atoms with E-state index in [9.17, 15) is 14.4 Å². The molecule has 5 rings (SSSR count). The maximum atomic E-state index is 13.0. The molecular weight excluding hydrogens is 392 g/mol. The van der Waals surface area contributed by atoms with Crippen molar-refractivity contribution >= 4 is 33.3 Å². The van der Waals surface area contributed by atoms with Crippen molar-refractivity contribution in [1.82, 2.24) is 19.4 Å². The van der Waals surface area contributed by atoms with Gasteiger partial charge in [-0.15, -0.1) is 0 Å². The molecule has 31 heavy (non-hydrogen) atoms. The van der Waals surface area contributed by atoms with Gasteiger partial charge in [0.05, 0.1) is 10.9 Å². The van der Waals surface area contributed by atoms with Gasteiger partial charge >= 0.3 is 5.69 Å². The number of hydrogen-bond acceptors (Lipinski definition) is 4. The average molecular weight is 412 g/mol. The number of aryl methyl sites for hydroxylation is 1. The average Bonchev–Trinajstić information content (AvgIpc) is 2.81. The minimum atomic E-state index is -0.544. The molecule has 1 aliphatic rings. The Balaban J connectivity index is 1.44. The zero-order valence-corrected chi connectivity index (χ0v) is 17.0. The van der Waals surface area contributed by atoms with Gasteiger partial charge in [-0.25, -0.2) is 9.78 Å². The fourth-order valence-electron chi connectivity index (χ4n) is 4.14. The standard InChI is InChI=1S/C24H20N4O3/c1-27-21-20(22(29)26-24(27)31)13-17(14-25-21)23(30)28-11-9-16(10-12-28)19-8-4-6-15-5-2-3-7-18(15)19/h2-9,13-14H,10-12H2,1H3,(H,26,29,31). The molecule has 0 bridgehead atoms. The van der Waals surface area contributed by atoms with Crippen molar-refractivity contribution in [2.24, 2.45) is 7.05 Å². The number of aromatic nitrogens is 3. The number of benzene rings is 2. The summed E-state index contributed by atoms with van der Waals surface area (Å²) in [4.78, 5) is 45.1. The number of carbonyl (C=O) groups excluding carboxylic acids is 1. The molecule has 4 aromatic rings. The van der Waals surface area contributed by atoms with Crippen molar-refractivity contribution in [1.29, 1.82) is 0 Å². The predicted molar refractivity (Wildman–Crippen MR) is 120 cm³/mol. The lowest BCUT2D eigenvalue weighted by Crippen LogP contribution is -2.35. The molecule has 3 heterocycles. The number of fused-ring (bicyclic) bond motifs is 2. The van der Waals surface area contributed by atoms with Crippen LogP contribution in [0.1, 0.15) is 22.3 Å². The van der Waals surface area contributed by atoms with Crippen LogP contribution in [0.3, 0.4) is 0 Å². The van der Waals surface area contributed by atoms with Crippen molar-refractivity contribution < 1.29 is 4.79 Å². The Morgan fingerprint density at radius 3 is 2.68 bits per heavy atom. The van der Waals surface area contributed by atoms with Crippen LogP contribution in [0.5, 0.6) is 0 Å². The van der Waals surface area contributed by atoms with Gasteiger partial charge in [0, 0.05) is 26.3 Å². The molecule has 0 saturated carbocycles. The summed E-state index contributed by atoms with van der Waals surface area (Å²) in [7, 11) is 1.53. The topological polar surface area (TPSA) is 88.1 Å². The van der Waals surface area contributed by atoms with Crippen LogP contribution in [-0.4, -0.2) is 38.4 Å². The smallest absolute Gasteiger partial charge is 0.329 e. The molecule has 0 spiro atoms. The van der Waals surface area contributed by atoms with Crippen LogP contribution in [0.25, 0.3) is 27.4 Å². The lowest BCUT2D eigenvalue weighted by molar-refractivity contribution is 0.0772. The first kappa shape index (κ1) is 19.0. The highest BCUT2D eigenvalue weighted by molar-refractivity contribution is 5.98. The third-order valence-corrected chi connectivity index (χ3v) is 5.83. The Labute approximate surface area is 177 Å². The van der Waals surface area contributed by atoms with Gasteiger partial charge in [0.1, 0.15) is 5.65 Å². The summed E-state index contributed by atoms with van der Waals surface area (Å²) in [5.74, 6) is -0.184. The van der Waals surface area contributed by atoms with Crippen LogP contribution in [0.4, 0.5) is 0 Å². The number of hydrogen-bond donors (Lipinski definition) is 1. The second-order valence-corrected chi connectivity index (χ2v) is 7.67. The second kappa shape index (κ2) is 7.36. The Morgan fingerprint density at radius 2 is 1.87 bits per heavy atom. The van der Waals surface area contributed by atoms with E-state index in [2.05, 4.69) is 46.4 Å². The monoisotopic (exact) mass is 412 g/mol. The molecule has 0 atom stereocenters. The Kier molecular flexibility index (Phi) is 4.51. The minimum absolute atomic E-state index is 0.184. The van der Waals surface area contributed by atoms with E-state index < -0.39 is 11.2 Å². The number of rotatable bonds is 2. The van der Waals surface area contributed by atoms with Crippen molar-refractivity contribution in [3.63, 3.8) is 0 Å². The summed E-state index contributed by atoms with van der Waals surface area (Å²) in [6, 6.07) is 16.1. The Hall–Kier alpha value is -4.00. The fourth-order valence-corrected chi connectivity index (χ4v) is 4.14. The maximum Gasteiger partial charge on any atom is 0.329 e. The van der Waals surface area contributed by atoms with Gasteiger partial charge in [-0.1, -0.05) is 48.5 Å². The normalized spacial score (nSPS) is 14.1. The summed E-state index contributed by atoms with van der Waals surface area (Å²) in [5.41, 5.74) is 1.93. The molecule has 2 aromatic heterocycles. The number of nitrogens with one attached hydrogen (secondary N) is 1. The van der Waals surface area contributed by atoms with E-state index in [-0.39, 0.29) is 16.9 Å². The van der Waals surface area contributed by atoms with E-state index >= 15 is 0 Å². The molecule has 7 heteroatoms. The number of pyridine rings is 1. The third kappa shape index (κ3) is 3.24. The molecule has 0 fully saturated rings. The molecule has 2 aromatic carbocycles. The van der Waals surface area contributed by atoms with Gasteiger partial charge in [-0.2, -0.15) is 0 Å². The van der Waals surface area contributed by atoms with Gasteiger partial charge in [-0.05, 0) is 34.4 Å². The lowest BCUT2D eigenvalue weighted by Gasteiger charge is -2.27. The molecule has 0 radical (unpaired) electrons. The fraction of sp³-hybridized carbons (Fsp3) is 0.167. The second-order valence-electron chi connectivity index (χ2n) is 7.67. The number of carbonyl (C=O) groups is 1. The predicted octanol–water partition coefficient (Wildman–Crippen LogP) is 2.70. The van der Waals surface area contributed by atoms with E-state index in [1.165, 1.54) is 45.8 Å². The SMILES string of the molecule is Cn1c(=O)[nH]c(=O)c2cc(C(=O)N3CC=C(c4cccc5ccccc45)CC3)cnc21. The first-order chi connectivity index (χ1) is 15.0. The van der Waals surface area contributed by atoms with Crippen LogP contribution in [0.15, 0.2) is 70.4 Å². The van der Waals surface area contributed by atoms with Crippen LogP contribution < -0.4 is 11.2 Å². The van der Waals surface area contributed by atoms with Gasteiger partial charge < -0.3 is 4.90 Å². The largest absolute Gasteiger partial charge is 0.335 e. The third-order valence-electron chi connectivity index (χ3n) is 5.83.